The van der Waals surface area contributed by atoms with E-state index in [0.29, 0.717) is 24.8 Å². The zero-order chi connectivity index (χ0) is 20.1. The number of halogens is 2. The molecule has 1 aromatic carbocycles. The summed E-state index contributed by atoms with van der Waals surface area (Å²) in [6.45, 7) is 4.70. The molecular weight excluding hydrogens is 447 g/mol. The fourth-order valence-electron chi connectivity index (χ4n) is 5.01. The average Bonchev–Trinajstić information content (AvgIpc) is 3.47. The largest absolute Gasteiger partial charge is 0.370 e. The van der Waals surface area contributed by atoms with Gasteiger partial charge in [-0.05, 0) is 30.0 Å². The molecule has 9 heteroatoms. The zero-order valence-corrected chi connectivity index (χ0v) is 19.2. The van der Waals surface area contributed by atoms with E-state index in [0.717, 1.165) is 54.0 Å². The highest BCUT2D eigenvalue weighted by Gasteiger charge is 2.36. The van der Waals surface area contributed by atoms with E-state index in [1.165, 1.54) is 0 Å². The van der Waals surface area contributed by atoms with Crippen molar-refractivity contribution in [1.29, 1.82) is 0 Å². The molecule has 2 aliphatic heterocycles. The lowest BCUT2D eigenvalue weighted by Gasteiger charge is -2.21. The van der Waals surface area contributed by atoms with Gasteiger partial charge in [-0.1, -0.05) is 18.2 Å². The lowest BCUT2D eigenvalue weighted by molar-refractivity contribution is 0.533. The van der Waals surface area contributed by atoms with Crippen LogP contribution in [0.1, 0.15) is 5.69 Å². The maximum Gasteiger partial charge on any atom is 0.276 e. The van der Waals surface area contributed by atoms with E-state index in [-0.39, 0.29) is 30.4 Å². The highest BCUT2D eigenvalue weighted by atomic mass is 35.5. The van der Waals surface area contributed by atoms with Gasteiger partial charge in [0.05, 0.1) is 29.5 Å². The molecule has 0 aliphatic carbocycles. The summed E-state index contributed by atoms with van der Waals surface area (Å²) in [5.74, 6) is 1.36. The van der Waals surface area contributed by atoms with Crippen LogP contribution in [0.25, 0.3) is 16.4 Å². The Labute approximate surface area is 198 Å². The molecule has 7 nitrogen and oxygen atoms in total. The van der Waals surface area contributed by atoms with E-state index in [1.54, 1.807) is 4.68 Å². The van der Waals surface area contributed by atoms with Gasteiger partial charge in [0.15, 0.2) is 0 Å². The van der Waals surface area contributed by atoms with Crippen molar-refractivity contribution in [2.24, 2.45) is 11.8 Å². The lowest BCUT2D eigenvalue weighted by atomic mass is 10.0. The number of pyridine rings is 1. The Morgan fingerprint density at radius 2 is 1.84 bits per heavy atom. The molecule has 168 valence electrons. The van der Waals surface area contributed by atoms with Gasteiger partial charge in [0.1, 0.15) is 5.65 Å². The van der Waals surface area contributed by atoms with Crippen LogP contribution in [-0.2, 0) is 13.0 Å². The van der Waals surface area contributed by atoms with Crippen molar-refractivity contribution < 1.29 is 0 Å². The second kappa shape index (κ2) is 9.10. The highest BCUT2D eigenvalue weighted by Crippen LogP contribution is 2.33. The predicted molar refractivity (Wildman–Crippen MR) is 131 cm³/mol. The smallest absolute Gasteiger partial charge is 0.276 e. The molecule has 4 aromatic rings. The van der Waals surface area contributed by atoms with Gasteiger partial charge < -0.3 is 14.6 Å². The van der Waals surface area contributed by atoms with E-state index >= 15 is 0 Å². The number of nitrogens with one attached hydrogen (secondary N) is 1. The second-order valence-electron chi connectivity index (χ2n) is 8.45. The molecule has 2 atom stereocenters. The third-order valence-electron chi connectivity index (χ3n) is 6.58. The maximum absolute atomic E-state index is 13.4. The quantitative estimate of drug-likeness (QED) is 0.494. The Morgan fingerprint density at radius 3 is 2.62 bits per heavy atom. The SMILES string of the molecule is Cl.Cl.O=c1c2c(N3CC4CNCC4C3)cccc2cnn1CCc1cn2ccccc2n1. The van der Waals surface area contributed by atoms with E-state index in [2.05, 4.69) is 26.4 Å². The number of imidazole rings is 1. The van der Waals surface area contributed by atoms with Crippen LogP contribution in [0.4, 0.5) is 5.69 Å². The minimum atomic E-state index is -0.0120. The van der Waals surface area contributed by atoms with Gasteiger partial charge in [0, 0.05) is 50.4 Å². The minimum Gasteiger partial charge on any atom is -0.370 e. The van der Waals surface area contributed by atoms with Crippen molar-refractivity contribution in [2.45, 2.75) is 13.0 Å². The van der Waals surface area contributed by atoms with Gasteiger partial charge >= 0.3 is 0 Å². The van der Waals surface area contributed by atoms with E-state index in [1.807, 2.05) is 53.3 Å². The standard InChI is InChI=1S/C23H24N6O.2ClH/c30-23-22-16(4-3-5-20(22)28-13-17-10-24-11-18(17)14-28)12-25-29(23)9-7-19-15-27-8-2-1-6-21(27)26-19;;/h1-6,8,12,15,17-18,24H,7,9-11,13-14H2;2*1H. The first-order chi connectivity index (χ1) is 14.8. The van der Waals surface area contributed by atoms with Crippen LogP contribution >= 0.6 is 24.8 Å². The Kier molecular flexibility index (Phi) is 6.42. The van der Waals surface area contributed by atoms with Crippen molar-refractivity contribution in [1.82, 2.24) is 24.5 Å². The van der Waals surface area contributed by atoms with Gasteiger partial charge in [0.25, 0.3) is 5.56 Å². The van der Waals surface area contributed by atoms with E-state index in [4.69, 9.17) is 0 Å². The van der Waals surface area contributed by atoms with E-state index in [9.17, 15) is 4.79 Å². The summed E-state index contributed by atoms with van der Waals surface area (Å²) in [7, 11) is 0. The van der Waals surface area contributed by atoms with E-state index < -0.39 is 0 Å². The molecule has 6 rings (SSSR count). The Bertz CT molecular complexity index is 1260. The molecule has 2 aliphatic rings. The van der Waals surface area contributed by atoms with Crippen molar-refractivity contribution in [3.63, 3.8) is 0 Å². The first-order valence-electron chi connectivity index (χ1n) is 10.6. The first kappa shape index (κ1) is 22.6. The molecular formula is C23H26Cl2N6O. The van der Waals surface area contributed by atoms with Crippen LogP contribution in [0, 0.1) is 11.8 Å². The molecule has 5 heterocycles. The summed E-state index contributed by atoms with van der Waals surface area (Å²) < 4.78 is 3.59. The Balaban J connectivity index is 0.00000122. The number of aromatic nitrogens is 4. The molecule has 2 fully saturated rings. The molecule has 1 N–H and O–H groups in total. The third kappa shape index (κ3) is 3.85. The number of aryl methyl sites for hydroxylation is 2. The maximum atomic E-state index is 13.4. The Hall–Kier alpha value is -2.61. The molecule has 3 aromatic heterocycles. The summed E-state index contributed by atoms with van der Waals surface area (Å²) in [6.07, 6.45) is 6.49. The first-order valence-corrected chi connectivity index (χ1v) is 10.6. The Morgan fingerprint density at radius 1 is 1.03 bits per heavy atom. The number of hydrogen-bond donors (Lipinski definition) is 1. The fourth-order valence-corrected chi connectivity index (χ4v) is 5.01. The molecule has 32 heavy (non-hydrogen) atoms. The molecule has 0 saturated carbocycles. The van der Waals surface area contributed by atoms with Crippen LogP contribution in [0.2, 0.25) is 0 Å². The van der Waals surface area contributed by atoms with Gasteiger partial charge in [-0.2, -0.15) is 5.10 Å². The minimum absolute atomic E-state index is 0. The summed E-state index contributed by atoms with van der Waals surface area (Å²) >= 11 is 0. The predicted octanol–water partition coefficient (Wildman–Crippen LogP) is 2.79. The zero-order valence-electron chi connectivity index (χ0n) is 17.6. The number of nitrogens with zero attached hydrogens (tertiary/aromatic N) is 5. The lowest BCUT2D eigenvalue weighted by Crippen LogP contribution is -2.29. The number of hydrogen-bond acceptors (Lipinski definition) is 5. The fraction of sp³-hybridized carbons (Fsp3) is 0.348. The molecule has 0 bridgehead atoms. The second-order valence-corrected chi connectivity index (χ2v) is 8.45. The summed E-state index contributed by atoms with van der Waals surface area (Å²) in [4.78, 5) is 20.4. The van der Waals surface area contributed by atoms with Crippen LogP contribution in [-0.4, -0.2) is 45.3 Å². The number of anilines is 1. The van der Waals surface area contributed by atoms with Gasteiger partial charge in [-0.3, -0.25) is 4.79 Å². The number of rotatable bonds is 4. The van der Waals surface area contributed by atoms with Crippen LogP contribution < -0.4 is 15.8 Å². The molecule has 0 amide bonds. The summed E-state index contributed by atoms with van der Waals surface area (Å²) in [5, 5.41) is 9.63. The van der Waals surface area contributed by atoms with Crippen molar-refractivity contribution in [3.05, 3.63) is 71.0 Å². The molecule has 2 unspecified atom stereocenters. The van der Waals surface area contributed by atoms with Gasteiger partial charge in [-0.15, -0.1) is 24.8 Å². The topological polar surface area (TPSA) is 67.5 Å². The van der Waals surface area contributed by atoms with Gasteiger partial charge in [-0.25, -0.2) is 9.67 Å². The summed E-state index contributed by atoms with van der Waals surface area (Å²) in [6, 6.07) is 12.1. The average molecular weight is 473 g/mol. The van der Waals surface area contributed by atoms with Crippen molar-refractivity contribution >= 4 is 46.9 Å². The van der Waals surface area contributed by atoms with Crippen LogP contribution in [0.5, 0.6) is 0 Å². The summed E-state index contributed by atoms with van der Waals surface area (Å²) in [5.41, 5.74) is 2.92. The van der Waals surface area contributed by atoms with Crippen molar-refractivity contribution in [3.8, 4) is 0 Å². The number of fused-ring (bicyclic) bond motifs is 3. The van der Waals surface area contributed by atoms with Crippen LogP contribution in [0.3, 0.4) is 0 Å². The molecule has 0 spiro atoms. The number of benzene rings is 1. The normalized spacial score (nSPS) is 19.7. The highest BCUT2D eigenvalue weighted by molar-refractivity contribution is 5.93. The van der Waals surface area contributed by atoms with Crippen molar-refractivity contribution in [2.75, 3.05) is 31.1 Å². The van der Waals surface area contributed by atoms with Gasteiger partial charge in [0.2, 0.25) is 0 Å². The van der Waals surface area contributed by atoms with Crippen LogP contribution in [0.15, 0.2) is 59.8 Å². The molecule has 2 saturated heterocycles. The molecule has 0 radical (unpaired) electrons. The monoisotopic (exact) mass is 472 g/mol. The third-order valence-corrected chi connectivity index (χ3v) is 6.58.